The van der Waals surface area contributed by atoms with Crippen molar-refractivity contribution in [1.29, 1.82) is 0 Å². The molecule has 1 amide bonds. The molecule has 1 saturated carbocycles. The van der Waals surface area contributed by atoms with Crippen LogP contribution in [0, 0.1) is 5.92 Å². The lowest BCUT2D eigenvalue weighted by Gasteiger charge is -2.33. The fourth-order valence-corrected chi connectivity index (χ4v) is 3.04. The van der Waals surface area contributed by atoms with Crippen molar-refractivity contribution in [2.45, 2.75) is 44.8 Å². The molecule has 1 aromatic rings. The minimum absolute atomic E-state index is 0.0339. The molecule has 0 spiro atoms. The third-order valence-electron chi connectivity index (χ3n) is 4.45. The predicted molar refractivity (Wildman–Crippen MR) is 78.0 cm³/mol. The lowest BCUT2D eigenvalue weighted by molar-refractivity contribution is -0.126. The van der Waals surface area contributed by atoms with Gasteiger partial charge in [-0.25, -0.2) is 0 Å². The second-order valence-electron chi connectivity index (χ2n) is 5.63. The van der Waals surface area contributed by atoms with Crippen molar-refractivity contribution >= 4 is 5.91 Å². The number of furan rings is 1. The van der Waals surface area contributed by atoms with Crippen LogP contribution in [-0.2, 0) is 11.3 Å². The normalized spacial score (nSPS) is 24.0. The molecule has 3 unspecified atom stereocenters. The monoisotopic (exact) mass is 279 g/mol. The van der Waals surface area contributed by atoms with E-state index >= 15 is 0 Å². The average molecular weight is 279 g/mol. The number of nitrogens with one attached hydrogen (secondary N) is 1. The Hall–Kier alpha value is -1.33. The third-order valence-corrected chi connectivity index (χ3v) is 4.45. The molecule has 0 aliphatic heterocycles. The van der Waals surface area contributed by atoms with E-state index < -0.39 is 0 Å². The molecule has 5 heteroatoms. The van der Waals surface area contributed by atoms with Crippen molar-refractivity contribution in [1.82, 2.24) is 10.2 Å². The summed E-state index contributed by atoms with van der Waals surface area (Å²) in [5.74, 6) is 1.32. The van der Waals surface area contributed by atoms with Gasteiger partial charge < -0.3 is 15.5 Å². The summed E-state index contributed by atoms with van der Waals surface area (Å²) in [5.41, 5.74) is 5.82. The van der Waals surface area contributed by atoms with Crippen LogP contribution in [0.25, 0.3) is 0 Å². The van der Waals surface area contributed by atoms with Crippen molar-refractivity contribution < 1.29 is 9.21 Å². The van der Waals surface area contributed by atoms with Crippen LogP contribution in [0.3, 0.4) is 0 Å². The molecule has 1 aromatic heterocycles. The van der Waals surface area contributed by atoms with Gasteiger partial charge in [0, 0.05) is 6.04 Å². The fourth-order valence-electron chi connectivity index (χ4n) is 3.04. The summed E-state index contributed by atoms with van der Waals surface area (Å²) in [5, 5.41) is 2.92. The fraction of sp³-hybridized carbons (Fsp3) is 0.667. The van der Waals surface area contributed by atoms with Crippen LogP contribution >= 0.6 is 0 Å². The van der Waals surface area contributed by atoms with Gasteiger partial charge in [0.1, 0.15) is 5.76 Å². The highest BCUT2D eigenvalue weighted by atomic mass is 16.3. The van der Waals surface area contributed by atoms with Gasteiger partial charge in [-0.3, -0.25) is 9.69 Å². The van der Waals surface area contributed by atoms with Gasteiger partial charge >= 0.3 is 0 Å². The molecule has 0 radical (unpaired) electrons. The quantitative estimate of drug-likeness (QED) is 0.824. The second kappa shape index (κ2) is 6.90. The number of hydrogen-bond acceptors (Lipinski definition) is 4. The van der Waals surface area contributed by atoms with Gasteiger partial charge in [-0.1, -0.05) is 6.42 Å². The number of nitrogens with zero attached hydrogens (tertiary/aromatic N) is 1. The maximum absolute atomic E-state index is 12.2. The lowest BCUT2D eigenvalue weighted by Crippen LogP contribution is -2.49. The zero-order valence-corrected chi connectivity index (χ0v) is 12.3. The number of carbonyl (C=O) groups excluding carboxylic acids is 1. The Morgan fingerprint density at radius 3 is 3.05 bits per heavy atom. The van der Waals surface area contributed by atoms with E-state index in [4.69, 9.17) is 10.2 Å². The zero-order valence-electron chi connectivity index (χ0n) is 12.3. The second-order valence-corrected chi connectivity index (χ2v) is 5.63. The van der Waals surface area contributed by atoms with E-state index in [1.807, 2.05) is 26.1 Å². The summed E-state index contributed by atoms with van der Waals surface area (Å²) in [4.78, 5) is 14.4. The first-order chi connectivity index (χ1) is 9.63. The SMILES string of the molecule is CC(C(=O)NCc1ccco1)N(C)C1CCCC1CN. The van der Waals surface area contributed by atoms with E-state index in [1.165, 1.54) is 12.8 Å². The van der Waals surface area contributed by atoms with Crippen molar-refractivity contribution in [3.63, 3.8) is 0 Å². The summed E-state index contributed by atoms with van der Waals surface area (Å²) in [6, 6.07) is 3.95. The maximum Gasteiger partial charge on any atom is 0.237 e. The number of nitrogens with two attached hydrogens (primary N) is 1. The molecular weight excluding hydrogens is 254 g/mol. The molecule has 3 atom stereocenters. The van der Waals surface area contributed by atoms with Gasteiger partial charge in [0.25, 0.3) is 0 Å². The van der Waals surface area contributed by atoms with Gasteiger partial charge in [-0.05, 0) is 51.4 Å². The molecule has 112 valence electrons. The number of carbonyl (C=O) groups is 1. The first-order valence-electron chi connectivity index (χ1n) is 7.35. The Morgan fingerprint density at radius 2 is 2.40 bits per heavy atom. The van der Waals surface area contributed by atoms with Crippen LogP contribution in [0.5, 0.6) is 0 Å². The van der Waals surface area contributed by atoms with Crippen LogP contribution in [-0.4, -0.2) is 36.5 Å². The molecule has 1 heterocycles. The highest BCUT2D eigenvalue weighted by Crippen LogP contribution is 2.29. The Labute approximate surface area is 120 Å². The Morgan fingerprint density at radius 1 is 1.60 bits per heavy atom. The highest BCUT2D eigenvalue weighted by Gasteiger charge is 2.33. The molecule has 1 aliphatic rings. The minimum atomic E-state index is -0.151. The summed E-state index contributed by atoms with van der Waals surface area (Å²) in [6.45, 7) is 3.09. The molecule has 20 heavy (non-hydrogen) atoms. The molecule has 0 saturated heterocycles. The summed E-state index contributed by atoms with van der Waals surface area (Å²) in [6.07, 6.45) is 5.12. The van der Waals surface area contributed by atoms with Gasteiger partial charge in [-0.15, -0.1) is 0 Å². The molecule has 1 fully saturated rings. The summed E-state index contributed by atoms with van der Waals surface area (Å²) in [7, 11) is 2.02. The van der Waals surface area contributed by atoms with Crippen LogP contribution in [0.2, 0.25) is 0 Å². The van der Waals surface area contributed by atoms with Crippen LogP contribution in [0.1, 0.15) is 31.9 Å². The molecule has 0 aromatic carbocycles. The number of hydrogen-bond donors (Lipinski definition) is 2. The first kappa shape index (κ1) is 15.1. The zero-order chi connectivity index (χ0) is 14.5. The number of amides is 1. The number of likely N-dealkylation sites (N-methyl/N-ethyl adjacent to an activating group) is 1. The molecule has 1 aliphatic carbocycles. The Balaban J connectivity index is 1.85. The van der Waals surface area contributed by atoms with E-state index in [0.29, 0.717) is 25.0 Å². The van der Waals surface area contributed by atoms with Crippen molar-refractivity contribution in [2.24, 2.45) is 11.7 Å². The van der Waals surface area contributed by atoms with Gasteiger partial charge in [0.2, 0.25) is 5.91 Å². The third kappa shape index (κ3) is 3.41. The van der Waals surface area contributed by atoms with E-state index in [9.17, 15) is 4.79 Å². The average Bonchev–Trinajstić information content (AvgIpc) is 3.13. The minimum Gasteiger partial charge on any atom is -0.467 e. The highest BCUT2D eigenvalue weighted by molar-refractivity contribution is 5.81. The van der Waals surface area contributed by atoms with Gasteiger partial charge in [0.15, 0.2) is 0 Å². The Bertz CT molecular complexity index is 419. The summed E-state index contributed by atoms with van der Waals surface area (Å²) >= 11 is 0. The smallest absolute Gasteiger partial charge is 0.237 e. The topological polar surface area (TPSA) is 71.5 Å². The molecule has 0 bridgehead atoms. The maximum atomic E-state index is 12.2. The van der Waals surface area contributed by atoms with Gasteiger partial charge in [0.05, 0.1) is 18.8 Å². The lowest BCUT2D eigenvalue weighted by atomic mass is 10.0. The Kier molecular flexibility index (Phi) is 5.20. The summed E-state index contributed by atoms with van der Waals surface area (Å²) < 4.78 is 5.21. The van der Waals surface area contributed by atoms with Gasteiger partial charge in [-0.2, -0.15) is 0 Å². The standard InChI is InChI=1S/C15H25N3O2/c1-11(15(19)17-10-13-6-4-8-20-13)18(2)14-7-3-5-12(14)9-16/h4,6,8,11-12,14H,3,5,7,9-10,16H2,1-2H3,(H,17,19). The van der Waals surface area contributed by atoms with Crippen molar-refractivity contribution in [3.05, 3.63) is 24.2 Å². The van der Waals surface area contributed by atoms with E-state index in [0.717, 1.165) is 12.2 Å². The molecule has 5 nitrogen and oxygen atoms in total. The van der Waals surface area contributed by atoms with E-state index in [-0.39, 0.29) is 11.9 Å². The number of rotatable bonds is 6. The molecule has 3 N–H and O–H groups in total. The van der Waals surface area contributed by atoms with E-state index in [1.54, 1.807) is 6.26 Å². The van der Waals surface area contributed by atoms with E-state index in [2.05, 4.69) is 10.2 Å². The van der Waals surface area contributed by atoms with Crippen molar-refractivity contribution in [3.8, 4) is 0 Å². The molecule has 2 rings (SSSR count). The van der Waals surface area contributed by atoms with Crippen LogP contribution in [0.4, 0.5) is 0 Å². The largest absolute Gasteiger partial charge is 0.467 e. The van der Waals surface area contributed by atoms with Crippen LogP contribution in [0.15, 0.2) is 22.8 Å². The van der Waals surface area contributed by atoms with Crippen LogP contribution < -0.4 is 11.1 Å². The predicted octanol–water partition coefficient (Wildman–Crippen LogP) is 1.34. The van der Waals surface area contributed by atoms with Crippen molar-refractivity contribution in [2.75, 3.05) is 13.6 Å². The molecular formula is C15H25N3O2. The first-order valence-corrected chi connectivity index (χ1v) is 7.35.